The third-order valence-corrected chi connectivity index (χ3v) is 1.55. The fourth-order valence-corrected chi connectivity index (χ4v) is 0.931. The summed E-state index contributed by atoms with van der Waals surface area (Å²) in [5.74, 6) is 0. The van der Waals surface area contributed by atoms with Gasteiger partial charge in [-0.05, 0) is 23.9 Å². The van der Waals surface area contributed by atoms with Crippen LogP contribution in [0.3, 0.4) is 0 Å². The maximum Gasteiger partial charge on any atom is 0.250 e. The third kappa shape index (κ3) is 2.95. The maximum absolute atomic E-state index is 10.6. The van der Waals surface area contributed by atoms with Crippen molar-refractivity contribution in [2.45, 2.75) is 0 Å². The Hall–Kier alpha value is -0.470. The molecule has 0 bridgehead atoms. The lowest BCUT2D eigenvalue weighted by Crippen LogP contribution is -2.19. The molecule has 0 spiro atoms. The summed E-state index contributed by atoms with van der Waals surface area (Å²) in [7, 11) is 1.89. The van der Waals surface area contributed by atoms with Gasteiger partial charge < -0.3 is 4.90 Å². The summed E-state index contributed by atoms with van der Waals surface area (Å²) >= 11 is 5.25. The Kier molecular flexibility index (Phi) is 4.23. The average molecular weight is 194 g/mol. The van der Waals surface area contributed by atoms with E-state index in [2.05, 4.69) is 0 Å². The topological polar surface area (TPSA) is 20.3 Å². The first-order valence-electron chi connectivity index (χ1n) is 2.97. The molecule has 0 unspecified atom stereocenters. The van der Waals surface area contributed by atoms with Gasteiger partial charge >= 0.3 is 0 Å². The molecule has 1 aliphatic rings. The molecule has 0 aromatic carbocycles. The fourth-order valence-electron chi connectivity index (χ4n) is 0.808. The van der Waals surface area contributed by atoms with Crippen molar-refractivity contribution in [3.63, 3.8) is 0 Å². The number of carbonyl (C=O) groups is 1. The number of hydrogen-bond acceptors (Lipinski definition) is 2. The third-order valence-electron chi connectivity index (χ3n) is 1.31. The molecule has 0 saturated carbocycles. The number of nitrogens with zero attached hydrogens (tertiary/aromatic N) is 1. The van der Waals surface area contributed by atoms with E-state index in [1.54, 1.807) is 12.2 Å². The van der Waals surface area contributed by atoms with Crippen LogP contribution in [-0.2, 0) is 4.79 Å². The largest absolute Gasteiger partial charge is 0.376 e. The minimum absolute atomic E-state index is 0. The van der Waals surface area contributed by atoms with Crippen LogP contribution in [0.4, 0.5) is 0 Å². The number of allylic oxidation sites excluding steroid dienone is 2. The molecular formula is C7H9Cl2NO. The van der Waals surface area contributed by atoms with Gasteiger partial charge in [-0.25, -0.2) is 0 Å². The number of carbonyl (C=O) groups excluding carboxylic acids is 1. The molecule has 0 radical (unpaired) electrons. The Labute approximate surface area is 76.9 Å². The van der Waals surface area contributed by atoms with E-state index in [9.17, 15) is 4.79 Å². The van der Waals surface area contributed by atoms with Crippen LogP contribution in [0, 0.1) is 0 Å². The van der Waals surface area contributed by atoms with Crippen LogP contribution in [0.25, 0.3) is 0 Å². The van der Waals surface area contributed by atoms with Gasteiger partial charge in [0.25, 0.3) is 0 Å². The molecule has 1 rings (SSSR count). The van der Waals surface area contributed by atoms with Crippen molar-refractivity contribution in [1.29, 1.82) is 0 Å². The van der Waals surface area contributed by atoms with Crippen molar-refractivity contribution in [3.8, 4) is 0 Å². The van der Waals surface area contributed by atoms with E-state index in [-0.39, 0.29) is 17.6 Å². The second-order valence-corrected chi connectivity index (χ2v) is 2.57. The zero-order chi connectivity index (χ0) is 7.56. The zero-order valence-corrected chi connectivity index (χ0v) is 7.65. The van der Waals surface area contributed by atoms with Crippen molar-refractivity contribution in [1.82, 2.24) is 4.90 Å². The smallest absolute Gasteiger partial charge is 0.250 e. The van der Waals surface area contributed by atoms with Crippen LogP contribution >= 0.6 is 24.0 Å². The van der Waals surface area contributed by atoms with E-state index in [0.29, 0.717) is 12.1 Å². The average Bonchev–Trinajstić information content (AvgIpc) is 1.88. The van der Waals surface area contributed by atoms with Crippen molar-refractivity contribution in [2.24, 2.45) is 0 Å². The molecule has 1 heterocycles. The van der Waals surface area contributed by atoms with Crippen molar-refractivity contribution in [2.75, 3.05) is 13.6 Å². The predicted octanol–water partition coefficient (Wildman–Crippen LogP) is 1.56. The predicted molar refractivity (Wildman–Crippen MR) is 48.0 cm³/mol. The standard InChI is InChI=1S/C7H8ClNO.ClH/c1-9-4-2-3-6(5-9)7(8)10;/h2-4H,5H2,1H3;1H. The minimum atomic E-state index is -0.365. The first kappa shape index (κ1) is 10.5. The van der Waals surface area contributed by atoms with Crippen molar-refractivity contribution >= 4 is 29.3 Å². The van der Waals surface area contributed by atoms with Crippen molar-refractivity contribution < 1.29 is 4.79 Å². The summed E-state index contributed by atoms with van der Waals surface area (Å²) in [4.78, 5) is 12.5. The molecule has 0 aliphatic carbocycles. The van der Waals surface area contributed by atoms with Crippen LogP contribution in [-0.4, -0.2) is 23.7 Å². The minimum Gasteiger partial charge on any atom is -0.376 e. The molecule has 0 aromatic rings. The SMILES string of the molecule is CN1C=CC=C(C(=O)Cl)C1.Cl. The van der Waals surface area contributed by atoms with E-state index >= 15 is 0 Å². The molecule has 1 aliphatic heterocycles. The maximum atomic E-state index is 10.6. The molecule has 0 aromatic heterocycles. The lowest BCUT2D eigenvalue weighted by Gasteiger charge is -2.16. The normalized spacial score (nSPS) is 15.5. The van der Waals surface area contributed by atoms with E-state index in [1.807, 2.05) is 18.1 Å². The monoisotopic (exact) mass is 193 g/mol. The van der Waals surface area contributed by atoms with E-state index in [4.69, 9.17) is 11.6 Å². The molecule has 4 heteroatoms. The highest BCUT2D eigenvalue weighted by atomic mass is 35.5. The van der Waals surface area contributed by atoms with E-state index < -0.39 is 0 Å². The summed E-state index contributed by atoms with van der Waals surface area (Å²) in [6.45, 7) is 0.610. The summed E-state index contributed by atoms with van der Waals surface area (Å²) in [5, 5.41) is -0.365. The first-order chi connectivity index (χ1) is 4.70. The molecule has 0 fully saturated rings. The molecule has 2 nitrogen and oxygen atoms in total. The van der Waals surface area contributed by atoms with E-state index in [0.717, 1.165) is 0 Å². The number of hydrogen-bond donors (Lipinski definition) is 0. The Morgan fingerprint density at radius 3 is 2.73 bits per heavy atom. The Morgan fingerprint density at radius 1 is 1.73 bits per heavy atom. The van der Waals surface area contributed by atoms with Gasteiger partial charge in [0.05, 0.1) is 0 Å². The van der Waals surface area contributed by atoms with Gasteiger partial charge in [0.1, 0.15) is 0 Å². The second kappa shape index (κ2) is 4.42. The van der Waals surface area contributed by atoms with Gasteiger partial charge in [0.2, 0.25) is 5.24 Å². The molecule has 0 amide bonds. The van der Waals surface area contributed by atoms with E-state index in [1.165, 1.54) is 0 Å². The van der Waals surface area contributed by atoms with Gasteiger partial charge in [-0.3, -0.25) is 4.79 Å². The lowest BCUT2D eigenvalue weighted by atomic mass is 10.2. The summed E-state index contributed by atoms with van der Waals surface area (Å²) in [6, 6.07) is 0. The Morgan fingerprint density at radius 2 is 2.36 bits per heavy atom. The van der Waals surface area contributed by atoms with Crippen LogP contribution in [0.2, 0.25) is 0 Å². The highest BCUT2D eigenvalue weighted by molar-refractivity contribution is 6.67. The highest BCUT2D eigenvalue weighted by Crippen LogP contribution is 2.07. The molecule has 0 N–H and O–H groups in total. The van der Waals surface area contributed by atoms with Gasteiger partial charge in [-0.1, -0.05) is 6.08 Å². The van der Waals surface area contributed by atoms with Crippen LogP contribution in [0.15, 0.2) is 23.9 Å². The molecular weight excluding hydrogens is 185 g/mol. The molecule has 0 saturated heterocycles. The van der Waals surface area contributed by atoms with Gasteiger partial charge in [0.15, 0.2) is 0 Å². The molecule has 62 valence electrons. The Bertz CT molecular complexity index is 210. The lowest BCUT2D eigenvalue weighted by molar-refractivity contribution is -0.108. The van der Waals surface area contributed by atoms with Gasteiger partial charge in [-0.2, -0.15) is 0 Å². The number of rotatable bonds is 1. The van der Waals surface area contributed by atoms with Crippen LogP contribution in [0.5, 0.6) is 0 Å². The van der Waals surface area contributed by atoms with Gasteiger partial charge in [-0.15, -0.1) is 12.4 Å². The fraction of sp³-hybridized carbons (Fsp3) is 0.286. The quantitative estimate of drug-likeness (QED) is 0.590. The number of halogens is 2. The molecule has 0 atom stereocenters. The van der Waals surface area contributed by atoms with Gasteiger partial charge in [0, 0.05) is 19.2 Å². The second-order valence-electron chi connectivity index (χ2n) is 2.22. The molecule has 11 heavy (non-hydrogen) atoms. The zero-order valence-electron chi connectivity index (χ0n) is 6.08. The van der Waals surface area contributed by atoms with Crippen LogP contribution in [0.1, 0.15) is 0 Å². The van der Waals surface area contributed by atoms with Crippen molar-refractivity contribution in [3.05, 3.63) is 23.9 Å². The van der Waals surface area contributed by atoms with Crippen LogP contribution < -0.4 is 0 Å². The number of likely N-dealkylation sites (N-methyl/N-ethyl adjacent to an activating group) is 1. The summed E-state index contributed by atoms with van der Waals surface area (Å²) in [5.41, 5.74) is 0.645. The summed E-state index contributed by atoms with van der Waals surface area (Å²) < 4.78 is 0. The Balaban J connectivity index is 0.000001000. The summed E-state index contributed by atoms with van der Waals surface area (Å²) in [6.07, 6.45) is 5.43. The first-order valence-corrected chi connectivity index (χ1v) is 3.35. The highest BCUT2D eigenvalue weighted by Gasteiger charge is 2.08.